The third-order valence-electron chi connectivity index (χ3n) is 2.68. The van der Waals surface area contributed by atoms with Gasteiger partial charge in [-0.25, -0.2) is 0 Å². The second-order valence-corrected chi connectivity index (χ2v) is 4.53. The summed E-state index contributed by atoms with van der Waals surface area (Å²) in [5, 5.41) is 10.9. The van der Waals surface area contributed by atoms with Crippen molar-refractivity contribution in [1.82, 2.24) is 14.9 Å². The summed E-state index contributed by atoms with van der Waals surface area (Å²) in [6.07, 6.45) is 3.36. The van der Waals surface area contributed by atoms with Crippen molar-refractivity contribution in [1.29, 1.82) is 0 Å². The van der Waals surface area contributed by atoms with E-state index in [0.717, 1.165) is 5.56 Å². The minimum atomic E-state index is 0.424. The zero-order valence-corrected chi connectivity index (χ0v) is 12.7. The van der Waals surface area contributed by atoms with E-state index in [1.54, 1.807) is 24.1 Å². The molecule has 1 aromatic heterocycles. The summed E-state index contributed by atoms with van der Waals surface area (Å²) in [6.45, 7) is 5.85. The van der Waals surface area contributed by atoms with Gasteiger partial charge in [0.2, 0.25) is 4.77 Å². The first kappa shape index (κ1) is 15.0. The average molecular weight is 304 g/mol. The summed E-state index contributed by atoms with van der Waals surface area (Å²) in [7, 11) is 1.59. The molecule has 0 aliphatic carbocycles. The Hall–Kier alpha value is -2.41. The highest BCUT2D eigenvalue weighted by molar-refractivity contribution is 7.71. The Bertz CT molecular complexity index is 718. The number of rotatable bonds is 6. The molecule has 0 saturated heterocycles. The second-order valence-electron chi connectivity index (χ2n) is 4.14. The lowest BCUT2D eigenvalue weighted by Gasteiger charge is -2.09. The predicted octanol–water partition coefficient (Wildman–Crippen LogP) is 2.70. The molecule has 2 aromatic rings. The van der Waals surface area contributed by atoms with Crippen LogP contribution in [-0.4, -0.2) is 34.8 Å². The maximum absolute atomic E-state index is 5.50. The van der Waals surface area contributed by atoms with Crippen molar-refractivity contribution < 1.29 is 9.47 Å². The topological polar surface area (TPSA) is 64.4 Å². The highest BCUT2D eigenvalue weighted by Crippen LogP contribution is 2.27. The fourth-order valence-corrected chi connectivity index (χ4v) is 1.89. The first-order valence-corrected chi connectivity index (χ1v) is 6.66. The molecule has 0 saturated carbocycles. The lowest BCUT2D eigenvalue weighted by atomic mass is 10.2. The number of methoxy groups -OCH3 is 1. The van der Waals surface area contributed by atoms with Gasteiger partial charge in [-0.05, 0) is 42.9 Å². The molecular formula is C14H16N4O2S. The van der Waals surface area contributed by atoms with Crippen LogP contribution in [0.15, 0.2) is 36.0 Å². The van der Waals surface area contributed by atoms with Gasteiger partial charge in [-0.2, -0.15) is 14.9 Å². The largest absolute Gasteiger partial charge is 0.493 e. The summed E-state index contributed by atoms with van der Waals surface area (Å²) in [5.74, 6) is 1.98. The Morgan fingerprint density at radius 2 is 2.29 bits per heavy atom. The Morgan fingerprint density at radius 1 is 1.48 bits per heavy atom. The van der Waals surface area contributed by atoms with E-state index >= 15 is 0 Å². The molecule has 7 heteroatoms. The molecule has 0 aliphatic heterocycles. The fourth-order valence-electron chi connectivity index (χ4n) is 1.66. The number of H-pyrrole nitrogens is 1. The number of aryl methyl sites for hydroxylation is 1. The molecule has 0 unspecified atom stereocenters. The van der Waals surface area contributed by atoms with Crippen LogP contribution >= 0.6 is 12.2 Å². The molecule has 110 valence electrons. The fraction of sp³-hybridized carbons (Fsp3) is 0.214. The molecule has 2 rings (SSSR count). The average Bonchev–Trinajstić information content (AvgIpc) is 2.82. The van der Waals surface area contributed by atoms with Crippen molar-refractivity contribution in [2.24, 2.45) is 5.10 Å². The van der Waals surface area contributed by atoms with Crippen molar-refractivity contribution in [2.75, 3.05) is 13.7 Å². The number of aromatic amines is 1. The van der Waals surface area contributed by atoms with Crippen LogP contribution in [0.3, 0.4) is 0 Å². The standard InChI is InChI=1S/C14H16N4O2S/c1-4-7-20-12-6-5-11(8-13(12)19-3)9-15-18-10(2)16-17-14(18)21/h4-6,8-9H,1,7H2,2-3H3,(H,17,21)/b15-9-. The third-order valence-corrected chi connectivity index (χ3v) is 2.94. The SMILES string of the molecule is C=CCOc1ccc(/C=N\n2c(C)n[nH]c2=S)cc1OC. The maximum Gasteiger partial charge on any atom is 0.216 e. The lowest BCUT2D eigenvalue weighted by molar-refractivity contribution is 0.326. The van der Waals surface area contributed by atoms with Gasteiger partial charge in [0.15, 0.2) is 11.5 Å². The maximum atomic E-state index is 5.50. The van der Waals surface area contributed by atoms with Crippen LogP contribution in [0.4, 0.5) is 0 Å². The van der Waals surface area contributed by atoms with Crippen LogP contribution in [0.5, 0.6) is 11.5 Å². The number of nitrogens with zero attached hydrogens (tertiary/aromatic N) is 3. The minimum Gasteiger partial charge on any atom is -0.493 e. The zero-order valence-electron chi connectivity index (χ0n) is 11.9. The highest BCUT2D eigenvalue weighted by Gasteiger charge is 2.04. The number of benzene rings is 1. The van der Waals surface area contributed by atoms with E-state index in [-0.39, 0.29) is 0 Å². The van der Waals surface area contributed by atoms with E-state index in [2.05, 4.69) is 21.9 Å². The Morgan fingerprint density at radius 3 is 2.90 bits per heavy atom. The van der Waals surface area contributed by atoms with Gasteiger partial charge < -0.3 is 9.47 Å². The Kier molecular flexibility index (Phi) is 4.89. The van der Waals surface area contributed by atoms with E-state index < -0.39 is 0 Å². The van der Waals surface area contributed by atoms with Gasteiger partial charge in [-0.1, -0.05) is 12.7 Å². The normalized spacial score (nSPS) is 10.8. The van der Waals surface area contributed by atoms with E-state index in [1.165, 1.54) is 0 Å². The van der Waals surface area contributed by atoms with E-state index in [4.69, 9.17) is 21.7 Å². The van der Waals surface area contributed by atoms with Crippen LogP contribution in [-0.2, 0) is 0 Å². The molecule has 0 amide bonds. The highest BCUT2D eigenvalue weighted by atomic mass is 32.1. The van der Waals surface area contributed by atoms with E-state index in [9.17, 15) is 0 Å². The van der Waals surface area contributed by atoms with Gasteiger partial charge in [-0.15, -0.1) is 0 Å². The number of ether oxygens (including phenoxy) is 2. The summed E-state index contributed by atoms with van der Waals surface area (Å²) in [6, 6.07) is 5.54. The van der Waals surface area contributed by atoms with Crippen molar-refractivity contribution in [3.63, 3.8) is 0 Å². The summed E-state index contributed by atoms with van der Waals surface area (Å²) < 4.78 is 12.8. The van der Waals surface area contributed by atoms with Gasteiger partial charge in [0.05, 0.1) is 13.3 Å². The molecule has 0 spiro atoms. The molecule has 1 N–H and O–H groups in total. The smallest absolute Gasteiger partial charge is 0.216 e. The van der Waals surface area contributed by atoms with E-state index in [1.807, 2.05) is 25.1 Å². The number of nitrogens with one attached hydrogen (secondary N) is 1. The molecule has 0 radical (unpaired) electrons. The first-order chi connectivity index (χ1) is 10.2. The first-order valence-electron chi connectivity index (χ1n) is 6.26. The summed E-state index contributed by atoms with van der Waals surface area (Å²) >= 11 is 5.08. The van der Waals surface area contributed by atoms with Gasteiger partial charge in [0.1, 0.15) is 12.4 Å². The van der Waals surface area contributed by atoms with Crippen molar-refractivity contribution in [3.05, 3.63) is 47.0 Å². The van der Waals surface area contributed by atoms with Gasteiger partial charge in [-0.3, -0.25) is 5.10 Å². The molecular weight excluding hydrogens is 288 g/mol. The molecule has 0 fully saturated rings. The van der Waals surface area contributed by atoms with Crippen LogP contribution in [0.1, 0.15) is 11.4 Å². The van der Waals surface area contributed by atoms with Crippen molar-refractivity contribution in [2.45, 2.75) is 6.92 Å². The van der Waals surface area contributed by atoms with Crippen LogP contribution in [0.2, 0.25) is 0 Å². The van der Waals surface area contributed by atoms with Gasteiger partial charge in [0.25, 0.3) is 0 Å². The molecule has 6 nitrogen and oxygen atoms in total. The number of aromatic nitrogens is 3. The predicted molar refractivity (Wildman–Crippen MR) is 83.8 cm³/mol. The lowest BCUT2D eigenvalue weighted by Crippen LogP contribution is -1.98. The Labute approximate surface area is 127 Å². The molecule has 21 heavy (non-hydrogen) atoms. The summed E-state index contributed by atoms with van der Waals surface area (Å²) in [4.78, 5) is 0. The van der Waals surface area contributed by atoms with Crippen molar-refractivity contribution >= 4 is 18.4 Å². The van der Waals surface area contributed by atoms with Gasteiger partial charge >= 0.3 is 0 Å². The van der Waals surface area contributed by atoms with Crippen LogP contribution in [0, 0.1) is 11.7 Å². The molecule has 1 heterocycles. The van der Waals surface area contributed by atoms with Crippen molar-refractivity contribution in [3.8, 4) is 11.5 Å². The molecule has 0 bridgehead atoms. The summed E-state index contributed by atoms with van der Waals surface area (Å²) in [5.41, 5.74) is 0.861. The third kappa shape index (κ3) is 3.57. The van der Waals surface area contributed by atoms with Crippen LogP contribution < -0.4 is 9.47 Å². The monoisotopic (exact) mass is 304 g/mol. The van der Waals surface area contributed by atoms with Gasteiger partial charge in [0, 0.05) is 0 Å². The molecule has 0 atom stereocenters. The zero-order chi connectivity index (χ0) is 15.2. The quantitative estimate of drug-likeness (QED) is 0.506. The minimum absolute atomic E-state index is 0.424. The van der Waals surface area contributed by atoms with Crippen LogP contribution in [0.25, 0.3) is 0 Å². The van der Waals surface area contributed by atoms with E-state index in [0.29, 0.717) is 28.7 Å². The molecule has 1 aromatic carbocycles. The Balaban J connectivity index is 2.25. The second kappa shape index (κ2) is 6.85. The number of hydrogen-bond donors (Lipinski definition) is 1. The molecule has 0 aliphatic rings. The number of hydrogen-bond acceptors (Lipinski definition) is 5.